The van der Waals surface area contributed by atoms with Crippen molar-refractivity contribution in [2.45, 2.75) is 39.5 Å². The third kappa shape index (κ3) is 6.05. The molecule has 12 rings (SSSR count). The number of rotatable bonds is 9. The van der Waals surface area contributed by atoms with Crippen LogP contribution >= 0.6 is 0 Å². The highest BCUT2D eigenvalue weighted by Crippen LogP contribution is 2.50. The molecule has 10 aromatic carbocycles. The van der Waals surface area contributed by atoms with Crippen molar-refractivity contribution in [3.63, 3.8) is 0 Å². The van der Waals surface area contributed by atoms with Crippen LogP contribution in [0.15, 0.2) is 203 Å². The van der Waals surface area contributed by atoms with Gasteiger partial charge >= 0.3 is 0 Å². The molecule has 0 spiro atoms. The van der Waals surface area contributed by atoms with Gasteiger partial charge < -0.3 is 18.6 Å². The third-order valence-corrected chi connectivity index (χ3v) is 13.1. The summed E-state index contributed by atoms with van der Waals surface area (Å²) in [6.45, 7) is 6.73. The molecule has 12 aromatic rings. The van der Waals surface area contributed by atoms with Crippen LogP contribution in [0.2, 0.25) is 0 Å². The summed E-state index contributed by atoms with van der Waals surface area (Å²) >= 11 is 0. The van der Waals surface area contributed by atoms with E-state index in [1.807, 2.05) is 12.1 Å². The second-order valence-corrected chi connectivity index (χ2v) is 17.3. The van der Waals surface area contributed by atoms with Gasteiger partial charge in [-0.1, -0.05) is 161 Å². The van der Waals surface area contributed by atoms with Gasteiger partial charge in [0.05, 0.1) is 22.7 Å². The fourth-order valence-corrected chi connectivity index (χ4v) is 10.0. The SMILES string of the molecule is CCCc1ccc(N(c2cc3c4ccccc4c(N(c4ccc(C(C)C)cc4)c4cccc5c4oc4ccccc45)cc3c3ccccc23)c2cccc3c2oc2ccccc23)cc1. The molecule has 4 nitrogen and oxygen atoms in total. The van der Waals surface area contributed by atoms with Crippen molar-refractivity contribution in [3.8, 4) is 0 Å². The fourth-order valence-electron chi connectivity index (χ4n) is 10.0. The number of furan rings is 2. The first-order chi connectivity index (χ1) is 31.5. The van der Waals surface area contributed by atoms with E-state index >= 15 is 0 Å². The Morgan fingerprint density at radius 2 is 0.781 bits per heavy atom. The lowest BCUT2D eigenvalue weighted by Gasteiger charge is -2.30. The van der Waals surface area contributed by atoms with Crippen LogP contribution in [-0.4, -0.2) is 0 Å². The molecule has 0 fully saturated rings. The summed E-state index contributed by atoms with van der Waals surface area (Å²) in [4.78, 5) is 4.82. The molecule has 0 N–H and O–H groups in total. The molecule has 0 saturated carbocycles. The summed E-state index contributed by atoms with van der Waals surface area (Å²) in [6, 6.07) is 70.5. The number of benzene rings is 10. The first-order valence-corrected chi connectivity index (χ1v) is 22.5. The van der Waals surface area contributed by atoms with E-state index in [9.17, 15) is 0 Å². The Bertz CT molecular complexity index is 3730. The Hall–Kier alpha value is -7.82. The highest BCUT2D eigenvalue weighted by molar-refractivity contribution is 6.25. The molecule has 4 heteroatoms. The highest BCUT2D eigenvalue weighted by atomic mass is 16.3. The van der Waals surface area contributed by atoms with Gasteiger partial charge in [0.25, 0.3) is 0 Å². The summed E-state index contributed by atoms with van der Waals surface area (Å²) in [7, 11) is 0. The Morgan fingerprint density at radius 1 is 0.375 bits per heavy atom. The van der Waals surface area contributed by atoms with Crippen molar-refractivity contribution < 1.29 is 8.83 Å². The Labute approximate surface area is 372 Å². The molecule has 64 heavy (non-hydrogen) atoms. The zero-order valence-corrected chi connectivity index (χ0v) is 36.2. The topological polar surface area (TPSA) is 32.8 Å². The van der Waals surface area contributed by atoms with Crippen LogP contribution in [0.1, 0.15) is 44.2 Å². The highest BCUT2D eigenvalue weighted by Gasteiger charge is 2.26. The molecule has 2 heterocycles. The first kappa shape index (κ1) is 37.9. The number of anilines is 6. The van der Waals surface area contributed by atoms with E-state index in [0.717, 1.165) is 102 Å². The minimum atomic E-state index is 0.413. The van der Waals surface area contributed by atoms with Crippen molar-refractivity contribution in [1.82, 2.24) is 0 Å². The number of para-hydroxylation sites is 4. The molecule has 308 valence electrons. The molecule has 0 aliphatic heterocycles. The van der Waals surface area contributed by atoms with E-state index in [0.29, 0.717) is 5.92 Å². The van der Waals surface area contributed by atoms with E-state index in [2.05, 4.69) is 213 Å². The van der Waals surface area contributed by atoms with Crippen LogP contribution in [0.5, 0.6) is 0 Å². The predicted molar refractivity (Wildman–Crippen MR) is 271 cm³/mol. The minimum Gasteiger partial charge on any atom is -0.454 e. The molecular weight excluding hydrogens is 781 g/mol. The maximum Gasteiger partial charge on any atom is 0.159 e. The van der Waals surface area contributed by atoms with Crippen molar-refractivity contribution in [2.24, 2.45) is 0 Å². The summed E-state index contributed by atoms with van der Waals surface area (Å²) in [6.07, 6.45) is 2.14. The van der Waals surface area contributed by atoms with Gasteiger partial charge in [0, 0.05) is 43.7 Å². The van der Waals surface area contributed by atoms with Crippen molar-refractivity contribution >= 4 is 110 Å². The second kappa shape index (κ2) is 15.2. The van der Waals surface area contributed by atoms with Gasteiger partial charge in [-0.05, 0) is 106 Å². The molecule has 0 amide bonds. The molecule has 0 aliphatic rings. The summed E-state index contributed by atoms with van der Waals surface area (Å²) in [5.41, 5.74) is 12.4. The van der Waals surface area contributed by atoms with E-state index in [1.54, 1.807) is 0 Å². The predicted octanol–water partition coefficient (Wildman–Crippen LogP) is 18.0. The molecule has 0 atom stereocenters. The van der Waals surface area contributed by atoms with Gasteiger partial charge in [-0.25, -0.2) is 0 Å². The van der Waals surface area contributed by atoms with Crippen molar-refractivity contribution in [3.05, 3.63) is 205 Å². The number of nitrogens with zero attached hydrogens (tertiary/aromatic N) is 2. The normalized spacial score (nSPS) is 11.9. The molecule has 0 unspecified atom stereocenters. The first-order valence-electron chi connectivity index (χ1n) is 22.5. The molecule has 0 aliphatic carbocycles. The van der Waals surface area contributed by atoms with E-state index in [1.165, 1.54) is 32.7 Å². The lowest BCUT2D eigenvalue weighted by Crippen LogP contribution is -2.12. The Balaban J connectivity index is 1.16. The average molecular weight is 827 g/mol. The molecule has 2 aromatic heterocycles. The van der Waals surface area contributed by atoms with Gasteiger partial charge in [0.1, 0.15) is 11.2 Å². The van der Waals surface area contributed by atoms with Gasteiger partial charge in [-0.15, -0.1) is 0 Å². The summed E-state index contributed by atoms with van der Waals surface area (Å²) in [5, 5.41) is 11.4. The van der Waals surface area contributed by atoms with Crippen LogP contribution in [0, 0.1) is 0 Å². The van der Waals surface area contributed by atoms with Crippen molar-refractivity contribution in [2.75, 3.05) is 9.80 Å². The van der Waals surface area contributed by atoms with Crippen LogP contribution in [-0.2, 0) is 6.42 Å². The number of hydrogen-bond acceptors (Lipinski definition) is 4. The maximum absolute atomic E-state index is 6.78. The minimum absolute atomic E-state index is 0.413. The maximum atomic E-state index is 6.78. The Morgan fingerprint density at radius 3 is 1.23 bits per heavy atom. The van der Waals surface area contributed by atoms with Crippen LogP contribution in [0.4, 0.5) is 34.1 Å². The van der Waals surface area contributed by atoms with E-state index in [-0.39, 0.29) is 0 Å². The van der Waals surface area contributed by atoms with E-state index < -0.39 is 0 Å². The number of aryl methyl sites for hydroxylation is 1. The molecule has 0 radical (unpaired) electrons. The third-order valence-electron chi connectivity index (χ3n) is 13.1. The summed E-state index contributed by atoms with van der Waals surface area (Å²) < 4.78 is 13.6. The Kier molecular flexibility index (Phi) is 9.01. The number of hydrogen-bond donors (Lipinski definition) is 0. The van der Waals surface area contributed by atoms with Gasteiger partial charge in [0.2, 0.25) is 0 Å². The molecule has 0 saturated heterocycles. The average Bonchev–Trinajstić information content (AvgIpc) is 3.92. The van der Waals surface area contributed by atoms with Gasteiger partial charge in [-0.3, -0.25) is 0 Å². The quantitative estimate of drug-likeness (QED) is 0.136. The smallest absolute Gasteiger partial charge is 0.159 e. The lowest BCUT2D eigenvalue weighted by atomic mass is 9.93. The van der Waals surface area contributed by atoms with Crippen LogP contribution in [0.3, 0.4) is 0 Å². The van der Waals surface area contributed by atoms with Gasteiger partial charge in [0.15, 0.2) is 11.2 Å². The zero-order valence-electron chi connectivity index (χ0n) is 36.2. The molecule has 0 bridgehead atoms. The molecular formula is C60H46N2O2. The largest absolute Gasteiger partial charge is 0.454 e. The van der Waals surface area contributed by atoms with Crippen molar-refractivity contribution in [1.29, 1.82) is 0 Å². The van der Waals surface area contributed by atoms with Gasteiger partial charge in [-0.2, -0.15) is 0 Å². The second-order valence-electron chi connectivity index (χ2n) is 17.3. The van der Waals surface area contributed by atoms with E-state index in [4.69, 9.17) is 8.83 Å². The van der Waals surface area contributed by atoms with Crippen LogP contribution in [0.25, 0.3) is 76.2 Å². The zero-order chi connectivity index (χ0) is 42.9. The number of fused-ring (bicyclic) bond motifs is 11. The monoisotopic (exact) mass is 826 g/mol. The lowest BCUT2D eigenvalue weighted by molar-refractivity contribution is 0.669. The standard InChI is InChI=1S/C60H46N2O2/c1-4-15-39-28-32-41(33-29-39)61(53-24-13-22-49-47-20-9-11-26-57(47)63-59(49)53)55-36-51-44-17-6-8-19-46(44)56(37-52(51)43-16-5-7-18-45(43)55)62(42-34-30-40(31-35-42)38(2)3)54-25-14-23-50-48-21-10-12-27-58(48)64-60(50)54/h5-14,16-38H,4,15H2,1-3H3. The summed E-state index contributed by atoms with van der Waals surface area (Å²) in [5.74, 6) is 0.413. The fraction of sp³-hybridized carbons (Fsp3) is 0.100. The van der Waals surface area contributed by atoms with Crippen LogP contribution < -0.4 is 9.80 Å².